The van der Waals surface area contributed by atoms with Crippen LogP contribution in [-0.4, -0.2) is 36.3 Å². The van der Waals surface area contributed by atoms with E-state index in [2.05, 4.69) is 41.6 Å². The Morgan fingerprint density at radius 1 is 1.19 bits per heavy atom. The van der Waals surface area contributed by atoms with E-state index in [4.69, 9.17) is 0 Å². The van der Waals surface area contributed by atoms with Crippen molar-refractivity contribution in [1.29, 1.82) is 0 Å². The molecule has 1 aliphatic heterocycles. The number of thiazole rings is 1. The lowest BCUT2D eigenvalue weighted by Crippen LogP contribution is -2.39. The van der Waals surface area contributed by atoms with Crippen LogP contribution in [0.2, 0.25) is 0 Å². The van der Waals surface area contributed by atoms with E-state index < -0.39 is 10.0 Å². The molecule has 0 aliphatic carbocycles. The van der Waals surface area contributed by atoms with E-state index >= 15 is 0 Å². The minimum Gasteiger partial charge on any atom is -0.316 e. The molecule has 1 unspecified atom stereocenters. The van der Waals surface area contributed by atoms with E-state index in [-0.39, 0.29) is 10.8 Å². The first-order valence-electron chi connectivity index (χ1n) is 11.1. The van der Waals surface area contributed by atoms with Crippen LogP contribution in [-0.2, 0) is 16.6 Å². The summed E-state index contributed by atoms with van der Waals surface area (Å²) in [6, 6.07) is 12.4. The van der Waals surface area contributed by atoms with Crippen molar-refractivity contribution in [3.8, 4) is 0 Å². The van der Waals surface area contributed by atoms with Crippen LogP contribution in [0, 0.1) is 12.8 Å². The fourth-order valence-corrected chi connectivity index (χ4v) is 6.89. The monoisotopic (exact) mass is 471 g/mol. The molecule has 6 nitrogen and oxygen atoms in total. The minimum atomic E-state index is -3.54. The molecule has 170 valence electrons. The standard InChI is InChI=1S/C24H29N3O3S2/c1-4-13-27-21-12-7-17(2)15-22(21)31-24(27)25-23(28)19-8-10-20(11-9-19)32(29,30)26-14-5-6-18(3)16-26/h7-12,15,18H,4-6,13-14,16H2,1-3H3. The minimum absolute atomic E-state index is 0.224. The normalized spacial score (nSPS) is 18.3. The van der Waals surface area contributed by atoms with Crippen LogP contribution in [0.3, 0.4) is 0 Å². The Bertz CT molecular complexity index is 1300. The number of sulfonamides is 1. The Labute approximate surface area is 193 Å². The molecule has 1 saturated heterocycles. The molecule has 3 aromatic rings. The summed E-state index contributed by atoms with van der Waals surface area (Å²) in [6.07, 6.45) is 2.86. The molecular formula is C24H29N3O3S2. The van der Waals surface area contributed by atoms with Gasteiger partial charge < -0.3 is 4.57 Å². The second kappa shape index (κ2) is 9.29. The number of hydrogen-bond donors (Lipinski definition) is 0. The highest BCUT2D eigenvalue weighted by atomic mass is 32.2. The van der Waals surface area contributed by atoms with Gasteiger partial charge in [0.1, 0.15) is 0 Å². The average molecular weight is 472 g/mol. The van der Waals surface area contributed by atoms with Gasteiger partial charge in [-0.1, -0.05) is 31.3 Å². The number of carbonyl (C=O) groups excluding carboxylic acids is 1. The largest absolute Gasteiger partial charge is 0.316 e. The zero-order valence-corrected chi connectivity index (χ0v) is 20.4. The summed E-state index contributed by atoms with van der Waals surface area (Å²) >= 11 is 1.50. The topological polar surface area (TPSA) is 71.7 Å². The Kier molecular flexibility index (Phi) is 6.65. The lowest BCUT2D eigenvalue weighted by atomic mass is 10.0. The van der Waals surface area contributed by atoms with E-state index in [1.807, 2.05) is 6.92 Å². The molecular weight excluding hydrogens is 442 g/mol. The maximum Gasteiger partial charge on any atom is 0.279 e. The van der Waals surface area contributed by atoms with Crippen LogP contribution in [0.1, 0.15) is 49.0 Å². The first kappa shape index (κ1) is 22.9. The molecule has 0 N–H and O–H groups in total. The van der Waals surface area contributed by atoms with E-state index in [0.717, 1.165) is 36.0 Å². The predicted molar refractivity (Wildman–Crippen MR) is 128 cm³/mol. The first-order chi connectivity index (χ1) is 15.3. The van der Waals surface area contributed by atoms with Gasteiger partial charge >= 0.3 is 0 Å². The highest BCUT2D eigenvalue weighted by Gasteiger charge is 2.28. The van der Waals surface area contributed by atoms with E-state index in [9.17, 15) is 13.2 Å². The Morgan fingerprint density at radius 2 is 1.94 bits per heavy atom. The van der Waals surface area contributed by atoms with Crippen LogP contribution in [0.25, 0.3) is 10.2 Å². The number of carbonyl (C=O) groups is 1. The summed E-state index contributed by atoms with van der Waals surface area (Å²) in [5.41, 5.74) is 2.62. The Morgan fingerprint density at radius 3 is 2.62 bits per heavy atom. The number of benzene rings is 2. The summed E-state index contributed by atoms with van der Waals surface area (Å²) in [5, 5.41) is 0. The molecule has 32 heavy (non-hydrogen) atoms. The number of aromatic nitrogens is 1. The van der Waals surface area contributed by atoms with E-state index in [1.54, 1.807) is 16.4 Å². The van der Waals surface area contributed by atoms with Crippen molar-refractivity contribution >= 4 is 37.5 Å². The molecule has 0 spiro atoms. The van der Waals surface area contributed by atoms with Crippen molar-refractivity contribution < 1.29 is 13.2 Å². The molecule has 8 heteroatoms. The second-order valence-corrected chi connectivity index (χ2v) is 11.5. The number of nitrogens with zero attached hydrogens (tertiary/aromatic N) is 3. The Hall–Kier alpha value is -2.29. The number of aryl methyl sites for hydroxylation is 2. The van der Waals surface area contributed by atoms with Crippen molar-refractivity contribution in [3.05, 3.63) is 58.4 Å². The molecule has 2 aromatic carbocycles. The van der Waals surface area contributed by atoms with Gasteiger partial charge in [-0.3, -0.25) is 4.79 Å². The quantitative estimate of drug-likeness (QED) is 0.547. The molecule has 1 atom stereocenters. The van der Waals surface area contributed by atoms with E-state index in [1.165, 1.54) is 29.0 Å². The summed E-state index contributed by atoms with van der Waals surface area (Å²) in [4.78, 5) is 18.2. The molecule has 0 saturated carbocycles. The van der Waals surface area contributed by atoms with E-state index in [0.29, 0.717) is 29.4 Å². The maximum absolute atomic E-state index is 13.0. The third kappa shape index (κ3) is 4.58. The third-order valence-electron chi connectivity index (χ3n) is 5.84. The average Bonchev–Trinajstić information content (AvgIpc) is 3.10. The number of amides is 1. The summed E-state index contributed by atoms with van der Waals surface area (Å²) in [6.45, 7) is 8.09. The van der Waals surface area contributed by atoms with Crippen LogP contribution in [0.15, 0.2) is 52.4 Å². The molecule has 1 aliphatic rings. The van der Waals surface area contributed by atoms with Gasteiger partial charge in [-0.05, 0) is 74.1 Å². The van der Waals surface area contributed by atoms with Crippen LogP contribution >= 0.6 is 11.3 Å². The second-order valence-electron chi connectivity index (χ2n) is 8.56. The van der Waals surface area contributed by atoms with Gasteiger partial charge in [0.25, 0.3) is 5.91 Å². The smallest absolute Gasteiger partial charge is 0.279 e. The number of hydrogen-bond acceptors (Lipinski definition) is 4. The highest BCUT2D eigenvalue weighted by Crippen LogP contribution is 2.24. The summed E-state index contributed by atoms with van der Waals surface area (Å²) in [7, 11) is -3.54. The number of rotatable bonds is 5. The molecule has 1 aromatic heterocycles. The molecule has 1 amide bonds. The molecule has 0 bridgehead atoms. The summed E-state index contributed by atoms with van der Waals surface area (Å²) < 4.78 is 30.7. The SMILES string of the molecule is CCCn1c(=NC(=O)c2ccc(S(=O)(=O)N3CCCC(C)C3)cc2)sc2cc(C)ccc21. The fraction of sp³-hybridized carbons (Fsp3) is 0.417. The molecule has 2 heterocycles. The van der Waals surface area contributed by atoms with Gasteiger partial charge in [0, 0.05) is 25.2 Å². The van der Waals surface area contributed by atoms with Crippen LogP contribution < -0.4 is 4.80 Å². The van der Waals surface area contributed by atoms with Crippen LogP contribution in [0.4, 0.5) is 0 Å². The molecule has 4 rings (SSSR count). The van der Waals surface area contributed by atoms with Crippen LogP contribution in [0.5, 0.6) is 0 Å². The number of fused-ring (bicyclic) bond motifs is 1. The van der Waals surface area contributed by atoms with Gasteiger partial charge in [-0.2, -0.15) is 9.30 Å². The van der Waals surface area contributed by atoms with Crippen molar-refractivity contribution in [1.82, 2.24) is 8.87 Å². The molecule has 1 fully saturated rings. The lowest BCUT2D eigenvalue weighted by Gasteiger charge is -2.30. The lowest BCUT2D eigenvalue weighted by molar-refractivity contribution is 0.0997. The summed E-state index contributed by atoms with van der Waals surface area (Å²) in [5.74, 6) is -0.00763. The zero-order chi connectivity index (χ0) is 22.9. The Balaban J connectivity index is 1.63. The van der Waals surface area contributed by atoms with Gasteiger partial charge in [0.05, 0.1) is 15.1 Å². The van der Waals surface area contributed by atoms with Crippen molar-refractivity contribution in [3.63, 3.8) is 0 Å². The predicted octanol–water partition coefficient (Wildman–Crippen LogP) is 4.58. The third-order valence-corrected chi connectivity index (χ3v) is 8.76. The van der Waals surface area contributed by atoms with Crippen molar-refractivity contribution in [2.75, 3.05) is 13.1 Å². The van der Waals surface area contributed by atoms with Crippen molar-refractivity contribution in [2.24, 2.45) is 10.9 Å². The first-order valence-corrected chi connectivity index (χ1v) is 13.3. The highest BCUT2D eigenvalue weighted by molar-refractivity contribution is 7.89. The van der Waals surface area contributed by atoms with Gasteiger partial charge in [0.2, 0.25) is 10.0 Å². The fourth-order valence-electron chi connectivity index (χ4n) is 4.14. The molecule has 0 radical (unpaired) electrons. The number of piperidine rings is 1. The van der Waals surface area contributed by atoms with Gasteiger partial charge in [-0.15, -0.1) is 0 Å². The van der Waals surface area contributed by atoms with Gasteiger partial charge in [-0.25, -0.2) is 8.42 Å². The van der Waals surface area contributed by atoms with Gasteiger partial charge in [0.15, 0.2) is 4.80 Å². The van der Waals surface area contributed by atoms with Crippen molar-refractivity contribution in [2.45, 2.75) is 51.5 Å². The zero-order valence-electron chi connectivity index (χ0n) is 18.7. The maximum atomic E-state index is 13.0.